The standard InChI is InChI=1S/C22H16F3N5O/c23-22(24,25)16-8-4-7-15(11-16)18-9-10-29-20-17(13-27-30(18)20)19(31)28-21(29)26-12-14-5-2-1-3-6-14/h1-9,11,13H,10,12H2,(H,26,28,31). The third-order valence-corrected chi connectivity index (χ3v) is 5.17. The van der Waals surface area contributed by atoms with Crippen molar-refractivity contribution in [3.05, 3.63) is 93.9 Å². The lowest BCUT2D eigenvalue weighted by Crippen LogP contribution is -2.23. The topological polar surface area (TPSA) is 64.7 Å². The molecule has 9 heteroatoms. The molecule has 0 bridgehead atoms. The van der Waals surface area contributed by atoms with Crippen LogP contribution in [0.25, 0.3) is 16.7 Å². The number of hydrogen-bond donors (Lipinski definition) is 1. The van der Waals surface area contributed by atoms with E-state index in [1.54, 1.807) is 16.7 Å². The van der Waals surface area contributed by atoms with Crippen LogP contribution in [0.5, 0.6) is 0 Å². The van der Waals surface area contributed by atoms with Crippen LogP contribution in [0.2, 0.25) is 0 Å². The normalized spacial score (nSPS) is 13.3. The molecule has 0 fully saturated rings. The fourth-order valence-corrected chi connectivity index (χ4v) is 3.69. The quantitative estimate of drug-likeness (QED) is 0.536. The predicted octanol–water partition coefficient (Wildman–Crippen LogP) is 4.13. The van der Waals surface area contributed by atoms with Crippen molar-refractivity contribution in [3.8, 4) is 0 Å². The van der Waals surface area contributed by atoms with Gasteiger partial charge in [-0.25, -0.2) is 4.68 Å². The first-order chi connectivity index (χ1) is 14.9. The molecule has 0 radical (unpaired) electrons. The number of rotatable bonds is 4. The molecular weight excluding hydrogens is 407 g/mol. The third-order valence-electron chi connectivity index (χ3n) is 5.17. The van der Waals surface area contributed by atoms with Crippen molar-refractivity contribution < 1.29 is 13.2 Å². The summed E-state index contributed by atoms with van der Waals surface area (Å²) in [5, 5.41) is 7.76. The Morgan fingerprint density at radius 3 is 2.65 bits per heavy atom. The number of allylic oxidation sites excluding steroid dienone is 1. The molecule has 1 aliphatic heterocycles. The zero-order valence-electron chi connectivity index (χ0n) is 16.1. The minimum atomic E-state index is -4.45. The second kappa shape index (κ2) is 7.12. The monoisotopic (exact) mass is 423 g/mol. The van der Waals surface area contributed by atoms with Crippen LogP contribution in [0.1, 0.15) is 16.7 Å². The summed E-state index contributed by atoms with van der Waals surface area (Å²) in [4.78, 5) is 16.7. The van der Waals surface area contributed by atoms with Gasteiger partial charge in [-0.05, 0) is 23.8 Å². The second-order valence-corrected chi connectivity index (χ2v) is 7.15. The highest BCUT2D eigenvalue weighted by Gasteiger charge is 2.31. The van der Waals surface area contributed by atoms with Crippen molar-refractivity contribution in [2.75, 3.05) is 5.32 Å². The van der Waals surface area contributed by atoms with E-state index in [1.165, 1.54) is 16.9 Å². The number of anilines is 1. The predicted molar refractivity (Wildman–Crippen MR) is 110 cm³/mol. The molecular formula is C22H16F3N5O. The fraction of sp³-hybridized carbons (Fsp3) is 0.136. The lowest BCUT2D eigenvalue weighted by molar-refractivity contribution is -0.137. The molecule has 0 saturated carbocycles. The van der Waals surface area contributed by atoms with Crippen LogP contribution >= 0.6 is 0 Å². The summed E-state index contributed by atoms with van der Waals surface area (Å²) in [6, 6.07) is 14.7. The van der Waals surface area contributed by atoms with E-state index in [0.717, 1.165) is 17.7 Å². The summed E-state index contributed by atoms with van der Waals surface area (Å²) in [5.74, 6) is 0.377. The van der Waals surface area contributed by atoms with Crippen LogP contribution < -0.4 is 10.9 Å². The summed E-state index contributed by atoms with van der Waals surface area (Å²) in [6.07, 6.45) is -1.28. The molecule has 0 unspecified atom stereocenters. The van der Waals surface area contributed by atoms with E-state index < -0.39 is 17.3 Å². The van der Waals surface area contributed by atoms with Crippen LogP contribution in [0.4, 0.5) is 19.1 Å². The maximum Gasteiger partial charge on any atom is 0.416 e. The molecule has 1 N–H and O–H groups in total. The molecule has 5 rings (SSSR count). The van der Waals surface area contributed by atoms with Gasteiger partial charge in [0.15, 0.2) is 5.65 Å². The summed E-state index contributed by atoms with van der Waals surface area (Å²) in [6.45, 7) is 0.801. The van der Waals surface area contributed by atoms with Crippen molar-refractivity contribution in [1.29, 1.82) is 0 Å². The SMILES string of the molecule is O=c1nc(NCc2ccccc2)n2c3c1cnn3C(c1cccc(C(F)(F)F)c1)=CC2. The highest BCUT2D eigenvalue weighted by Crippen LogP contribution is 2.33. The molecule has 0 amide bonds. The van der Waals surface area contributed by atoms with E-state index in [0.29, 0.717) is 41.3 Å². The van der Waals surface area contributed by atoms with Gasteiger partial charge in [-0.2, -0.15) is 23.3 Å². The zero-order chi connectivity index (χ0) is 21.6. The minimum Gasteiger partial charge on any atom is -0.351 e. The van der Waals surface area contributed by atoms with Crippen molar-refractivity contribution in [2.45, 2.75) is 19.3 Å². The van der Waals surface area contributed by atoms with Crippen LogP contribution in [-0.2, 0) is 19.3 Å². The average Bonchev–Trinajstić information content (AvgIpc) is 3.22. The van der Waals surface area contributed by atoms with E-state index in [-0.39, 0.29) is 0 Å². The number of halogens is 3. The molecule has 156 valence electrons. The number of aromatic nitrogens is 4. The smallest absolute Gasteiger partial charge is 0.351 e. The van der Waals surface area contributed by atoms with Crippen LogP contribution in [0, 0.1) is 0 Å². The second-order valence-electron chi connectivity index (χ2n) is 7.15. The van der Waals surface area contributed by atoms with Gasteiger partial charge in [0.2, 0.25) is 5.95 Å². The van der Waals surface area contributed by atoms with Gasteiger partial charge in [0.1, 0.15) is 5.39 Å². The summed E-state index contributed by atoms with van der Waals surface area (Å²) in [7, 11) is 0. The Morgan fingerprint density at radius 2 is 1.87 bits per heavy atom. The van der Waals surface area contributed by atoms with E-state index in [4.69, 9.17) is 0 Å². The Kier molecular flexibility index (Phi) is 4.39. The van der Waals surface area contributed by atoms with Crippen molar-refractivity contribution in [1.82, 2.24) is 19.3 Å². The first kappa shape index (κ1) is 19.1. The van der Waals surface area contributed by atoms with E-state index in [1.807, 2.05) is 30.3 Å². The summed E-state index contributed by atoms with van der Waals surface area (Å²) < 4.78 is 42.8. The largest absolute Gasteiger partial charge is 0.416 e. The minimum absolute atomic E-state index is 0.308. The van der Waals surface area contributed by atoms with Gasteiger partial charge in [0, 0.05) is 18.7 Å². The Hall–Kier alpha value is -3.88. The Morgan fingerprint density at radius 1 is 1.06 bits per heavy atom. The molecule has 4 aromatic rings. The maximum absolute atomic E-state index is 13.2. The van der Waals surface area contributed by atoms with Gasteiger partial charge in [0.05, 0.1) is 17.5 Å². The molecule has 0 saturated heterocycles. The summed E-state index contributed by atoms with van der Waals surface area (Å²) in [5.41, 5.74) is 1.19. The highest BCUT2D eigenvalue weighted by molar-refractivity contribution is 5.83. The van der Waals surface area contributed by atoms with Crippen LogP contribution in [0.15, 0.2) is 71.7 Å². The Balaban J connectivity index is 1.57. The van der Waals surface area contributed by atoms with Gasteiger partial charge < -0.3 is 5.32 Å². The fourth-order valence-electron chi connectivity index (χ4n) is 3.69. The van der Waals surface area contributed by atoms with Crippen molar-refractivity contribution in [3.63, 3.8) is 0 Å². The Bertz CT molecular complexity index is 1370. The van der Waals surface area contributed by atoms with Gasteiger partial charge in [-0.15, -0.1) is 0 Å². The molecule has 31 heavy (non-hydrogen) atoms. The molecule has 6 nitrogen and oxygen atoms in total. The molecule has 0 atom stereocenters. The molecule has 0 aliphatic carbocycles. The molecule has 2 aromatic heterocycles. The van der Waals surface area contributed by atoms with Crippen molar-refractivity contribution >= 4 is 22.7 Å². The molecule has 2 aromatic carbocycles. The van der Waals surface area contributed by atoms with Gasteiger partial charge in [-0.3, -0.25) is 9.36 Å². The summed E-state index contributed by atoms with van der Waals surface area (Å²) >= 11 is 0. The third kappa shape index (κ3) is 3.37. The highest BCUT2D eigenvalue weighted by atomic mass is 19.4. The number of hydrogen-bond acceptors (Lipinski definition) is 4. The lowest BCUT2D eigenvalue weighted by atomic mass is 10.1. The molecule has 1 aliphatic rings. The number of benzene rings is 2. The van der Waals surface area contributed by atoms with Crippen LogP contribution in [-0.4, -0.2) is 19.3 Å². The first-order valence-electron chi connectivity index (χ1n) is 9.56. The first-order valence-corrected chi connectivity index (χ1v) is 9.56. The maximum atomic E-state index is 13.2. The number of nitrogens with zero attached hydrogens (tertiary/aromatic N) is 4. The number of nitrogens with one attached hydrogen (secondary N) is 1. The molecule has 0 spiro atoms. The van der Waals surface area contributed by atoms with E-state index in [2.05, 4.69) is 15.4 Å². The van der Waals surface area contributed by atoms with Gasteiger partial charge >= 0.3 is 6.18 Å². The number of alkyl halides is 3. The lowest BCUT2D eigenvalue weighted by Gasteiger charge is -2.21. The zero-order valence-corrected chi connectivity index (χ0v) is 16.1. The Labute approximate surface area is 174 Å². The molecule has 3 heterocycles. The van der Waals surface area contributed by atoms with E-state index in [9.17, 15) is 18.0 Å². The van der Waals surface area contributed by atoms with Gasteiger partial charge in [0.25, 0.3) is 5.56 Å². The van der Waals surface area contributed by atoms with E-state index >= 15 is 0 Å². The van der Waals surface area contributed by atoms with Crippen LogP contribution in [0.3, 0.4) is 0 Å². The average molecular weight is 423 g/mol. The van der Waals surface area contributed by atoms with Gasteiger partial charge in [-0.1, -0.05) is 42.5 Å². The van der Waals surface area contributed by atoms with Crippen molar-refractivity contribution in [2.24, 2.45) is 0 Å².